The summed E-state index contributed by atoms with van der Waals surface area (Å²) in [5, 5.41) is 7.91. The molecular weight excluding hydrogens is 224 g/mol. The van der Waals surface area contributed by atoms with Crippen LogP contribution in [0.1, 0.15) is 84.5 Å². The van der Waals surface area contributed by atoms with E-state index in [2.05, 4.69) is 13.5 Å². The van der Waals surface area contributed by atoms with Gasteiger partial charge < -0.3 is 5.11 Å². The van der Waals surface area contributed by atoms with E-state index in [0.29, 0.717) is 6.42 Å². The summed E-state index contributed by atoms with van der Waals surface area (Å²) in [5.41, 5.74) is 0. The van der Waals surface area contributed by atoms with Gasteiger partial charge in [-0.15, -0.1) is 6.58 Å². The maximum absolute atomic E-state index is 9.60. The van der Waals surface area contributed by atoms with Crippen molar-refractivity contribution in [2.75, 3.05) is 0 Å². The lowest BCUT2D eigenvalue weighted by Gasteiger charge is -1.99. The van der Waals surface area contributed by atoms with Crippen LogP contribution in [0, 0.1) is 0 Å². The molecule has 108 valence electrons. The minimum absolute atomic E-state index is 0.292. The molecule has 0 unspecified atom stereocenters. The van der Waals surface area contributed by atoms with Crippen LogP contribution in [0.4, 0.5) is 0 Å². The maximum Gasteiger partial charge on any atom is 0.303 e. The van der Waals surface area contributed by atoms with Gasteiger partial charge in [-0.1, -0.05) is 64.9 Å². The number of unbranched alkanes of at least 4 members (excludes halogenated alkanes) is 8. The lowest BCUT2D eigenvalue weighted by Crippen LogP contribution is -1.90. The molecule has 0 rings (SSSR count). The number of carbonyl (C=O) groups is 1. The van der Waals surface area contributed by atoms with Crippen LogP contribution in [0.5, 0.6) is 0 Å². The van der Waals surface area contributed by atoms with Gasteiger partial charge in [0.05, 0.1) is 0 Å². The number of hydrogen-bond acceptors (Lipinski definition) is 1. The largest absolute Gasteiger partial charge is 0.481 e. The Labute approximate surface area is 113 Å². The number of rotatable bonds is 11. The zero-order valence-corrected chi connectivity index (χ0v) is 12.4. The Morgan fingerprint density at radius 3 is 1.78 bits per heavy atom. The van der Waals surface area contributed by atoms with E-state index in [4.69, 9.17) is 5.11 Å². The minimum atomic E-state index is -0.711. The van der Waals surface area contributed by atoms with Crippen LogP contribution >= 0.6 is 0 Å². The summed E-state index contributed by atoms with van der Waals surface area (Å²) in [6.45, 7) is 7.83. The number of carboxylic acids is 1. The van der Waals surface area contributed by atoms with E-state index in [0.717, 1.165) is 6.42 Å². The van der Waals surface area contributed by atoms with Crippen molar-refractivity contribution in [2.24, 2.45) is 0 Å². The summed E-state index contributed by atoms with van der Waals surface area (Å²) < 4.78 is 0. The quantitative estimate of drug-likeness (QED) is 0.387. The molecule has 0 aliphatic carbocycles. The molecule has 0 saturated carbocycles. The van der Waals surface area contributed by atoms with Crippen LogP contribution in [0.2, 0.25) is 0 Å². The Balaban J connectivity index is 0. The first-order valence-electron chi connectivity index (χ1n) is 7.51. The first-order chi connectivity index (χ1) is 8.68. The second-order valence-corrected chi connectivity index (χ2v) is 4.70. The normalized spacial score (nSPS) is 9.44. The Morgan fingerprint density at radius 1 is 0.944 bits per heavy atom. The van der Waals surface area contributed by atoms with Crippen molar-refractivity contribution in [3.63, 3.8) is 0 Å². The number of carboxylic acid groups (broad SMARTS) is 1. The van der Waals surface area contributed by atoms with Crippen molar-refractivity contribution in [1.82, 2.24) is 0 Å². The van der Waals surface area contributed by atoms with Crippen molar-refractivity contribution in [3.05, 3.63) is 12.7 Å². The lowest BCUT2D eigenvalue weighted by atomic mass is 10.1. The molecule has 0 aromatic carbocycles. The molecule has 2 heteroatoms. The number of hydrogen-bond donors (Lipinski definition) is 1. The van der Waals surface area contributed by atoms with Crippen LogP contribution in [0.25, 0.3) is 0 Å². The molecule has 18 heavy (non-hydrogen) atoms. The molecule has 0 saturated heterocycles. The molecule has 2 nitrogen and oxygen atoms in total. The van der Waals surface area contributed by atoms with Crippen molar-refractivity contribution < 1.29 is 9.90 Å². The van der Waals surface area contributed by atoms with Crippen LogP contribution < -0.4 is 0 Å². The highest BCUT2D eigenvalue weighted by Gasteiger charge is 1.89. The summed E-state index contributed by atoms with van der Waals surface area (Å²) in [6.07, 6.45) is 15.5. The average Bonchev–Trinajstić information content (AvgIpc) is 2.33. The first-order valence-corrected chi connectivity index (χ1v) is 7.51. The van der Waals surface area contributed by atoms with Gasteiger partial charge in [-0.05, 0) is 19.3 Å². The molecule has 0 aromatic rings. The smallest absolute Gasteiger partial charge is 0.303 e. The number of aliphatic carboxylic acids is 1. The Hall–Kier alpha value is -0.790. The summed E-state index contributed by atoms with van der Waals surface area (Å²) >= 11 is 0. The fraction of sp³-hybridized carbons (Fsp3) is 0.812. The fourth-order valence-corrected chi connectivity index (χ4v) is 1.64. The van der Waals surface area contributed by atoms with Crippen LogP contribution in [0.15, 0.2) is 12.7 Å². The van der Waals surface area contributed by atoms with Gasteiger partial charge in [-0.2, -0.15) is 0 Å². The highest BCUT2D eigenvalue weighted by atomic mass is 16.4. The Bertz CT molecular complexity index is 176. The molecule has 0 aliphatic rings. The van der Waals surface area contributed by atoms with E-state index < -0.39 is 5.97 Å². The molecule has 0 aliphatic heterocycles. The average molecular weight is 256 g/mol. The second kappa shape index (κ2) is 18.6. The first kappa shape index (κ1) is 19.5. The van der Waals surface area contributed by atoms with E-state index in [1.807, 2.05) is 13.0 Å². The highest BCUT2D eigenvalue weighted by molar-refractivity contribution is 5.66. The fourth-order valence-electron chi connectivity index (χ4n) is 1.64. The molecular formula is C16H32O2. The lowest BCUT2D eigenvalue weighted by molar-refractivity contribution is -0.137. The van der Waals surface area contributed by atoms with E-state index in [9.17, 15) is 4.79 Å². The van der Waals surface area contributed by atoms with Gasteiger partial charge in [0.15, 0.2) is 0 Å². The van der Waals surface area contributed by atoms with Gasteiger partial charge in [0, 0.05) is 6.42 Å². The Kier molecular flexibility index (Phi) is 20.2. The number of allylic oxidation sites excluding steroid dienone is 1. The summed E-state index contributed by atoms with van der Waals surface area (Å²) in [7, 11) is 0. The van der Waals surface area contributed by atoms with Gasteiger partial charge in [0.1, 0.15) is 0 Å². The van der Waals surface area contributed by atoms with Crippen LogP contribution in [0.3, 0.4) is 0 Å². The standard InChI is InChI=1S/C12H24.C4H8O2/c1-3-5-7-9-11-12-10-8-6-4-2;1-2-3-4(5)6/h3H,1,4-12H2,2H3;2-3H2,1H3,(H,5,6). The second-order valence-electron chi connectivity index (χ2n) is 4.70. The molecule has 0 heterocycles. The molecule has 0 bridgehead atoms. The third-order valence-electron chi connectivity index (χ3n) is 2.73. The van der Waals surface area contributed by atoms with Gasteiger partial charge >= 0.3 is 5.97 Å². The third kappa shape index (κ3) is 24.4. The molecule has 0 amide bonds. The highest BCUT2D eigenvalue weighted by Crippen LogP contribution is 2.09. The predicted octanol–water partition coefficient (Wildman–Crippen LogP) is 5.57. The van der Waals surface area contributed by atoms with Gasteiger partial charge in [-0.3, -0.25) is 4.79 Å². The van der Waals surface area contributed by atoms with Gasteiger partial charge in [-0.25, -0.2) is 0 Å². The van der Waals surface area contributed by atoms with Crippen molar-refractivity contribution in [3.8, 4) is 0 Å². The monoisotopic (exact) mass is 256 g/mol. The molecule has 0 spiro atoms. The molecule has 0 fully saturated rings. The van der Waals surface area contributed by atoms with Gasteiger partial charge in [0.25, 0.3) is 0 Å². The summed E-state index contributed by atoms with van der Waals surface area (Å²) in [4.78, 5) is 9.60. The zero-order valence-electron chi connectivity index (χ0n) is 12.4. The topological polar surface area (TPSA) is 37.3 Å². The van der Waals surface area contributed by atoms with E-state index in [1.165, 1.54) is 57.8 Å². The van der Waals surface area contributed by atoms with E-state index in [1.54, 1.807) is 0 Å². The van der Waals surface area contributed by atoms with Crippen molar-refractivity contribution in [1.29, 1.82) is 0 Å². The third-order valence-corrected chi connectivity index (χ3v) is 2.73. The summed E-state index contributed by atoms with van der Waals surface area (Å²) in [5.74, 6) is -0.711. The summed E-state index contributed by atoms with van der Waals surface area (Å²) in [6, 6.07) is 0. The predicted molar refractivity (Wildman–Crippen MR) is 80.0 cm³/mol. The van der Waals surface area contributed by atoms with Crippen molar-refractivity contribution in [2.45, 2.75) is 84.5 Å². The molecule has 0 atom stereocenters. The minimum Gasteiger partial charge on any atom is -0.481 e. The maximum atomic E-state index is 9.60. The van der Waals surface area contributed by atoms with E-state index >= 15 is 0 Å². The zero-order chi connectivity index (χ0) is 14.1. The van der Waals surface area contributed by atoms with Crippen molar-refractivity contribution >= 4 is 5.97 Å². The van der Waals surface area contributed by atoms with Crippen LogP contribution in [-0.4, -0.2) is 11.1 Å². The molecule has 1 N–H and O–H groups in total. The van der Waals surface area contributed by atoms with Crippen LogP contribution in [-0.2, 0) is 4.79 Å². The van der Waals surface area contributed by atoms with Gasteiger partial charge in [0.2, 0.25) is 0 Å². The molecule has 0 aromatic heterocycles. The Morgan fingerprint density at radius 2 is 1.44 bits per heavy atom. The molecule has 0 radical (unpaired) electrons. The van der Waals surface area contributed by atoms with E-state index in [-0.39, 0.29) is 0 Å². The SMILES string of the molecule is C=CCCCCCCCCCC.CCCC(=O)O.